The van der Waals surface area contributed by atoms with E-state index in [1.54, 1.807) is 0 Å². The molecular formula is C16H20ClN3. The van der Waals surface area contributed by atoms with Gasteiger partial charge in [-0.2, -0.15) is 0 Å². The molecule has 0 bridgehead atoms. The van der Waals surface area contributed by atoms with Crippen LogP contribution in [-0.2, 0) is 5.54 Å². The number of nitrogens with one attached hydrogen (secondary N) is 1. The van der Waals surface area contributed by atoms with E-state index in [1.807, 2.05) is 12.1 Å². The number of hydrogen-bond acceptors (Lipinski definition) is 2. The Kier molecular flexibility index (Phi) is 2.83. The first-order valence-electron chi connectivity index (χ1n) is 7.61. The molecule has 4 heteroatoms. The van der Waals surface area contributed by atoms with Crippen molar-refractivity contribution >= 4 is 22.6 Å². The summed E-state index contributed by atoms with van der Waals surface area (Å²) in [5.74, 6) is 1.18. The van der Waals surface area contributed by atoms with E-state index in [4.69, 9.17) is 16.6 Å². The lowest BCUT2D eigenvalue weighted by atomic mass is 9.90. The number of aromatic nitrogens is 2. The standard InChI is InChI=1S/C16H20ClN3/c1-16(9-2-3-10-18-16)15-19-13-6-4-5-12(17)14(13)20(15)11-7-8-11/h4-6,11,18H,2-3,7-10H2,1H3. The Bertz CT molecular complexity index is 651. The molecule has 0 amide bonds. The lowest BCUT2D eigenvalue weighted by Crippen LogP contribution is -2.45. The van der Waals surface area contributed by atoms with Crippen LogP contribution in [0.4, 0.5) is 0 Å². The van der Waals surface area contributed by atoms with Gasteiger partial charge in [-0.3, -0.25) is 0 Å². The third-order valence-corrected chi connectivity index (χ3v) is 4.99. The second-order valence-electron chi connectivity index (χ2n) is 6.36. The van der Waals surface area contributed by atoms with Crippen LogP contribution in [0.3, 0.4) is 0 Å². The summed E-state index contributed by atoms with van der Waals surface area (Å²) in [5, 5.41) is 4.52. The van der Waals surface area contributed by atoms with Gasteiger partial charge in [0.15, 0.2) is 0 Å². The van der Waals surface area contributed by atoms with Gasteiger partial charge in [-0.15, -0.1) is 0 Å². The van der Waals surface area contributed by atoms with Crippen molar-refractivity contribution in [2.75, 3.05) is 6.54 Å². The second kappa shape index (κ2) is 4.47. The largest absolute Gasteiger partial charge is 0.322 e. The fourth-order valence-electron chi connectivity index (χ4n) is 3.43. The Balaban J connectivity index is 1.94. The van der Waals surface area contributed by atoms with E-state index in [9.17, 15) is 0 Å². The predicted octanol–water partition coefficient (Wildman–Crippen LogP) is 4.01. The average Bonchev–Trinajstić information content (AvgIpc) is 3.20. The van der Waals surface area contributed by atoms with Gasteiger partial charge < -0.3 is 9.88 Å². The number of benzene rings is 1. The summed E-state index contributed by atoms with van der Waals surface area (Å²) in [6, 6.07) is 6.64. The predicted molar refractivity (Wildman–Crippen MR) is 82.2 cm³/mol. The number of halogens is 1. The molecular weight excluding hydrogens is 270 g/mol. The third-order valence-electron chi connectivity index (χ3n) is 4.69. The number of para-hydroxylation sites is 1. The van der Waals surface area contributed by atoms with Crippen molar-refractivity contribution in [2.45, 2.75) is 50.6 Å². The van der Waals surface area contributed by atoms with Crippen molar-refractivity contribution in [2.24, 2.45) is 0 Å². The molecule has 1 aromatic carbocycles. The molecule has 1 atom stereocenters. The molecule has 0 radical (unpaired) electrons. The fourth-order valence-corrected chi connectivity index (χ4v) is 3.69. The van der Waals surface area contributed by atoms with Crippen LogP contribution in [0.5, 0.6) is 0 Å². The van der Waals surface area contributed by atoms with Crippen molar-refractivity contribution in [1.29, 1.82) is 0 Å². The highest BCUT2D eigenvalue weighted by atomic mass is 35.5. The Morgan fingerprint density at radius 1 is 1.35 bits per heavy atom. The number of imidazole rings is 1. The summed E-state index contributed by atoms with van der Waals surface area (Å²) in [6.45, 7) is 3.37. The zero-order chi connectivity index (χ0) is 13.7. The molecule has 2 aromatic rings. The summed E-state index contributed by atoms with van der Waals surface area (Å²) < 4.78 is 2.41. The van der Waals surface area contributed by atoms with Crippen LogP contribution < -0.4 is 5.32 Å². The Labute approximate surface area is 124 Å². The van der Waals surface area contributed by atoms with Gasteiger partial charge in [-0.25, -0.2) is 4.98 Å². The summed E-state index contributed by atoms with van der Waals surface area (Å²) >= 11 is 6.45. The topological polar surface area (TPSA) is 29.9 Å². The molecule has 1 aliphatic heterocycles. The molecule has 1 saturated heterocycles. The van der Waals surface area contributed by atoms with Crippen molar-refractivity contribution < 1.29 is 0 Å². The summed E-state index contributed by atoms with van der Waals surface area (Å²) in [7, 11) is 0. The quantitative estimate of drug-likeness (QED) is 0.905. The number of piperidine rings is 1. The van der Waals surface area contributed by atoms with Gasteiger partial charge in [0, 0.05) is 6.04 Å². The fraction of sp³-hybridized carbons (Fsp3) is 0.562. The molecule has 2 heterocycles. The van der Waals surface area contributed by atoms with E-state index in [1.165, 1.54) is 31.5 Å². The first kappa shape index (κ1) is 12.7. The highest BCUT2D eigenvalue weighted by molar-refractivity contribution is 6.35. The number of rotatable bonds is 2. The first-order chi connectivity index (χ1) is 9.69. The molecule has 1 unspecified atom stereocenters. The van der Waals surface area contributed by atoms with E-state index in [0.717, 1.165) is 29.0 Å². The van der Waals surface area contributed by atoms with Crippen LogP contribution in [0, 0.1) is 0 Å². The molecule has 2 fully saturated rings. The van der Waals surface area contributed by atoms with Gasteiger partial charge in [0.1, 0.15) is 5.82 Å². The van der Waals surface area contributed by atoms with Crippen LogP contribution in [-0.4, -0.2) is 16.1 Å². The Morgan fingerprint density at radius 2 is 2.20 bits per heavy atom. The smallest absolute Gasteiger partial charge is 0.130 e. The molecule has 1 N–H and O–H groups in total. The van der Waals surface area contributed by atoms with Crippen molar-refractivity contribution in [3.63, 3.8) is 0 Å². The number of hydrogen-bond donors (Lipinski definition) is 1. The van der Waals surface area contributed by atoms with Crippen molar-refractivity contribution in [1.82, 2.24) is 14.9 Å². The van der Waals surface area contributed by atoms with Gasteiger partial charge in [0.05, 0.1) is 21.6 Å². The second-order valence-corrected chi connectivity index (χ2v) is 6.77. The van der Waals surface area contributed by atoms with E-state index < -0.39 is 0 Å². The Hall–Kier alpha value is -1.06. The first-order valence-corrected chi connectivity index (χ1v) is 7.99. The highest BCUT2D eigenvalue weighted by Gasteiger charge is 2.38. The minimum absolute atomic E-state index is 0.0107. The third kappa shape index (κ3) is 1.87. The van der Waals surface area contributed by atoms with E-state index in [-0.39, 0.29) is 5.54 Å². The average molecular weight is 290 g/mol. The molecule has 1 aromatic heterocycles. The molecule has 2 aliphatic rings. The highest BCUT2D eigenvalue weighted by Crippen LogP contribution is 2.43. The maximum Gasteiger partial charge on any atom is 0.130 e. The maximum atomic E-state index is 6.45. The zero-order valence-corrected chi connectivity index (χ0v) is 12.6. The van der Waals surface area contributed by atoms with Gasteiger partial charge in [-0.05, 0) is 57.7 Å². The molecule has 1 saturated carbocycles. The van der Waals surface area contributed by atoms with Crippen LogP contribution in [0.1, 0.15) is 50.9 Å². The van der Waals surface area contributed by atoms with Crippen LogP contribution in [0.25, 0.3) is 11.0 Å². The Morgan fingerprint density at radius 3 is 2.90 bits per heavy atom. The van der Waals surface area contributed by atoms with Gasteiger partial charge >= 0.3 is 0 Å². The van der Waals surface area contributed by atoms with E-state index >= 15 is 0 Å². The summed E-state index contributed by atoms with van der Waals surface area (Å²) in [6.07, 6.45) is 6.19. The molecule has 1 aliphatic carbocycles. The van der Waals surface area contributed by atoms with Gasteiger partial charge in [0.25, 0.3) is 0 Å². The lowest BCUT2D eigenvalue weighted by Gasteiger charge is -2.35. The molecule has 4 rings (SSSR count). The molecule has 106 valence electrons. The SMILES string of the molecule is CC1(c2nc3cccc(Cl)c3n2C2CC2)CCCCN1. The van der Waals surface area contributed by atoms with E-state index in [0.29, 0.717) is 6.04 Å². The minimum Gasteiger partial charge on any atom is -0.322 e. The minimum atomic E-state index is -0.0107. The van der Waals surface area contributed by atoms with Gasteiger partial charge in [0.2, 0.25) is 0 Å². The molecule has 20 heavy (non-hydrogen) atoms. The van der Waals surface area contributed by atoms with Gasteiger partial charge in [-0.1, -0.05) is 17.7 Å². The summed E-state index contributed by atoms with van der Waals surface area (Å²) in [5.41, 5.74) is 2.15. The zero-order valence-electron chi connectivity index (χ0n) is 11.8. The molecule has 3 nitrogen and oxygen atoms in total. The molecule has 0 spiro atoms. The van der Waals surface area contributed by atoms with Crippen LogP contribution >= 0.6 is 11.6 Å². The summed E-state index contributed by atoms with van der Waals surface area (Å²) in [4.78, 5) is 4.95. The normalized spacial score (nSPS) is 27.1. The van der Waals surface area contributed by atoms with Crippen LogP contribution in [0.15, 0.2) is 18.2 Å². The lowest BCUT2D eigenvalue weighted by molar-refractivity contribution is 0.261. The van der Waals surface area contributed by atoms with Crippen LogP contribution in [0.2, 0.25) is 5.02 Å². The van der Waals surface area contributed by atoms with Crippen molar-refractivity contribution in [3.05, 3.63) is 29.0 Å². The number of nitrogens with zero attached hydrogens (tertiary/aromatic N) is 2. The van der Waals surface area contributed by atoms with E-state index in [2.05, 4.69) is 22.9 Å². The van der Waals surface area contributed by atoms with Crippen molar-refractivity contribution in [3.8, 4) is 0 Å². The monoisotopic (exact) mass is 289 g/mol. The number of fused-ring (bicyclic) bond motifs is 1. The maximum absolute atomic E-state index is 6.45.